The predicted octanol–water partition coefficient (Wildman–Crippen LogP) is 6.24. The van der Waals surface area contributed by atoms with Crippen LogP contribution >= 0.6 is 22.9 Å². The van der Waals surface area contributed by atoms with E-state index in [1.807, 2.05) is 44.5 Å². The number of anilines is 2. The number of benzene rings is 2. The number of nitrogens with zero attached hydrogens (tertiary/aromatic N) is 7. The fourth-order valence-corrected chi connectivity index (χ4v) is 6.89. The Bertz CT molecular complexity index is 1890. The standard InChI is InChI=1S/C33H35ClN8O3S/c1-33(2,3)45-32(44)40-14-12-39(13-15-40)23-8-6-21(7-9-23)22-17-25(34)24-19-42(38-26(24)18-22)29(30(43)37-31-35-10-16-46-31)28-27-5-4-11-41(27)20-36-28/h6-10,16-20,29H,4-5,11-15H2,1-3H3,(H,35,37,43). The zero-order chi connectivity index (χ0) is 32.0. The van der Waals surface area contributed by atoms with Crippen LogP contribution in [0.2, 0.25) is 5.02 Å². The molecular formula is C33H35ClN8O3S. The van der Waals surface area contributed by atoms with Crippen molar-refractivity contribution in [3.8, 4) is 11.1 Å². The van der Waals surface area contributed by atoms with Gasteiger partial charge in [0.2, 0.25) is 0 Å². The summed E-state index contributed by atoms with van der Waals surface area (Å²) < 4.78 is 9.31. The van der Waals surface area contributed by atoms with Crippen LogP contribution in [0.1, 0.15) is 44.6 Å². The quantitative estimate of drug-likeness (QED) is 0.230. The van der Waals surface area contributed by atoms with E-state index in [9.17, 15) is 9.59 Å². The number of rotatable bonds is 6. The first-order valence-electron chi connectivity index (χ1n) is 15.4. The first-order chi connectivity index (χ1) is 22.1. The van der Waals surface area contributed by atoms with Crippen LogP contribution in [0.5, 0.6) is 0 Å². The van der Waals surface area contributed by atoms with Gasteiger partial charge in [-0.2, -0.15) is 5.10 Å². The Morgan fingerprint density at radius 3 is 2.52 bits per heavy atom. The van der Waals surface area contributed by atoms with Gasteiger partial charge in [-0.3, -0.25) is 14.8 Å². The molecule has 5 heterocycles. The molecule has 2 aromatic carbocycles. The lowest BCUT2D eigenvalue weighted by atomic mass is 10.0. The summed E-state index contributed by atoms with van der Waals surface area (Å²) >= 11 is 8.21. The second kappa shape index (κ2) is 12.1. The molecule has 2 amide bonds. The highest BCUT2D eigenvalue weighted by atomic mass is 35.5. The molecule has 1 saturated heterocycles. The number of carbonyl (C=O) groups is 2. The van der Waals surface area contributed by atoms with Crippen molar-refractivity contribution in [1.29, 1.82) is 0 Å². The monoisotopic (exact) mass is 658 g/mol. The summed E-state index contributed by atoms with van der Waals surface area (Å²) in [7, 11) is 0. The van der Waals surface area contributed by atoms with Crippen molar-refractivity contribution >= 4 is 56.7 Å². The van der Waals surface area contributed by atoms with Gasteiger partial charge < -0.3 is 19.1 Å². The smallest absolute Gasteiger partial charge is 0.410 e. The largest absolute Gasteiger partial charge is 0.444 e. The Labute approximate surface area is 275 Å². The third-order valence-electron chi connectivity index (χ3n) is 8.31. The van der Waals surface area contributed by atoms with E-state index < -0.39 is 11.6 Å². The first-order valence-corrected chi connectivity index (χ1v) is 16.6. The van der Waals surface area contributed by atoms with Crippen LogP contribution in [0, 0.1) is 0 Å². The highest BCUT2D eigenvalue weighted by Gasteiger charge is 2.32. The average Bonchev–Trinajstić information content (AvgIpc) is 3.84. The van der Waals surface area contributed by atoms with E-state index >= 15 is 0 Å². The van der Waals surface area contributed by atoms with Crippen LogP contribution in [-0.4, -0.2) is 73.0 Å². The molecule has 2 aliphatic rings. The number of piperazine rings is 1. The number of fused-ring (bicyclic) bond motifs is 2. The number of aromatic nitrogens is 5. The van der Waals surface area contributed by atoms with E-state index in [1.165, 1.54) is 11.3 Å². The van der Waals surface area contributed by atoms with Crippen LogP contribution < -0.4 is 10.2 Å². The molecule has 5 aromatic rings. The van der Waals surface area contributed by atoms with E-state index in [4.69, 9.17) is 21.4 Å². The minimum absolute atomic E-state index is 0.255. The summed E-state index contributed by atoms with van der Waals surface area (Å²) in [4.78, 5) is 39.1. The van der Waals surface area contributed by atoms with E-state index in [0.29, 0.717) is 34.5 Å². The number of hydrogen-bond acceptors (Lipinski definition) is 8. The molecule has 11 nitrogen and oxygen atoms in total. The summed E-state index contributed by atoms with van der Waals surface area (Å²) in [6.07, 6.45) is 6.90. The molecule has 238 valence electrons. The molecular weight excluding hydrogens is 624 g/mol. The van der Waals surface area contributed by atoms with Gasteiger partial charge in [-0.1, -0.05) is 23.7 Å². The number of imidazole rings is 1. The molecule has 13 heteroatoms. The van der Waals surface area contributed by atoms with Crippen molar-refractivity contribution < 1.29 is 14.3 Å². The maximum absolute atomic E-state index is 13.7. The minimum Gasteiger partial charge on any atom is -0.444 e. The molecule has 0 spiro atoms. The molecule has 2 aliphatic heterocycles. The van der Waals surface area contributed by atoms with Gasteiger partial charge in [0, 0.05) is 67.3 Å². The van der Waals surface area contributed by atoms with Crippen LogP contribution in [-0.2, 0) is 22.5 Å². The molecule has 0 aliphatic carbocycles. The summed E-state index contributed by atoms with van der Waals surface area (Å²) in [6.45, 7) is 9.20. The Balaban J connectivity index is 1.12. The molecule has 3 aromatic heterocycles. The summed E-state index contributed by atoms with van der Waals surface area (Å²) in [5, 5.41) is 11.5. The zero-order valence-electron chi connectivity index (χ0n) is 25.9. The Kier molecular flexibility index (Phi) is 7.93. The van der Waals surface area contributed by atoms with Gasteiger partial charge in [0.25, 0.3) is 5.91 Å². The number of nitrogens with one attached hydrogen (secondary N) is 1. The molecule has 46 heavy (non-hydrogen) atoms. The van der Waals surface area contributed by atoms with E-state index in [2.05, 4.69) is 49.0 Å². The van der Waals surface area contributed by atoms with Crippen molar-refractivity contribution in [3.05, 3.63) is 76.9 Å². The SMILES string of the molecule is CC(C)(C)OC(=O)N1CCN(c2ccc(-c3cc(Cl)c4cn(C(C(=O)Nc5nccs5)c5ncn6c5CCC6)nc4c3)cc2)CC1. The Hall–Kier alpha value is -4.42. The zero-order valence-corrected chi connectivity index (χ0v) is 27.5. The number of aryl methyl sites for hydroxylation is 1. The van der Waals surface area contributed by atoms with Crippen molar-refractivity contribution in [1.82, 2.24) is 29.2 Å². The maximum atomic E-state index is 13.7. The third-order valence-corrected chi connectivity index (χ3v) is 9.32. The van der Waals surface area contributed by atoms with Gasteiger partial charge >= 0.3 is 6.09 Å². The topological polar surface area (TPSA) is 110 Å². The van der Waals surface area contributed by atoms with Crippen LogP contribution in [0.25, 0.3) is 22.0 Å². The fraction of sp³-hybridized carbons (Fsp3) is 0.364. The minimum atomic E-state index is -0.778. The van der Waals surface area contributed by atoms with Crippen molar-refractivity contribution in [2.45, 2.75) is 51.8 Å². The first kappa shape index (κ1) is 30.2. The predicted molar refractivity (Wildman–Crippen MR) is 180 cm³/mol. The van der Waals surface area contributed by atoms with E-state index in [-0.39, 0.29) is 12.0 Å². The molecule has 7 rings (SSSR count). The lowest BCUT2D eigenvalue weighted by molar-refractivity contribution is -0.118. The second-order valence-electron chi connectivity index (χ2n) is 12.6. The molecule has 1 fully saturated rings. The lowest BCUT2D eigenvalue weighted by Gasteiger charge is -2.36. The Morgan fingerprint density at radius 2 is 1.80 bits per heavy atom. The van der Waals surface area contributed by atoms with Crippen LogP contribution in [0.4, 0.5) is 15.6 Å². The van der Waals surface area contributed by atoms with Crippen molar-refractivity contribution in [2.75, 3.05) is 36.4 Å². The number of ether oxygens (including phenoxy) is 1. The van der Waals surface area contributed by atoms with Gasteiger partial charge in [0.15, 0.2) is 11.2 Å². The van der Waals surface area contributed by atoms with Gasteiger partial charge in [0.1, 0.15) is 5.60 Å². The van der Waals surface area contributed by atoms with Gasteiger partial charge in [0.05, 0.1) is 22.6 Å². The highest BCUT2D eigenvalue weighted by molar-refractivity contribution is 7.13. The number of carbonyl (C=O) groups excluding carboxylic acids is 2. The number of thiazole rings is 1. The van der Waals surface area contributed by atoms with Gasteiger partial charge in [-0.15, -0.1) is 11.3 Å². The summed E-state index contributed by atoms with van der Waals surface area (Å²) in [5.41, 5.74) is 4.94. The molecule has 0 bridgehead atoms. The van der Waals surface area contributed by atoms with E-state index in [1.54, 1.807) is 22.1 Å². The summed E-state index contributed by atoms with van der Waals surface area (Å²) in [5.74, 6) is -0.255. The maximum Gasteiger partial charge on any atom is 0.410 e. The Morgan fingerprint density at radius 1 is 1.02 bits per heavy atom. The molecule has 0 radical (unpaired) electrons. The third kappa shape index (κ3) is 6.06. The van der Waals surface area contributed by atoms with Gasteiger partial charge in [-0.05, 0) is 69.0 Å². The summed E-state index contributed by atoms with van der Waals surface area (Å²) in [6, 6.07) is 11.5. The molecule has 1 atom stereocenters. The molecule has 1 unspecified atom stereocenters. The second-order valence-corrected chi connectivity index (χ2v) is 13.9. The molecule has 0 saturated carbocycles. The lowest BCUT2D eigenvalue weighted by Crippen LogP contribution is -2.50. The van der Waals surface area contributed by atoms with E-state index in [0.717, 1.165) is 60.4 Å². The fourth-order valence-electron chi connectivity index (χ4n) is 6.10. The highest BCUT2D eigenvalue weighted by Crippen LogP contribution is 2.34. The van der Waals surface area contributed by atoms with Crippen molar-refractivity contribution in [3.63, 3.8) is 0 Å². The number of amides is 2. The average molecular weight is 659 g/mol. The number of halogens is 1. The van der Waals surface area contributed by atoms with Crippen LogP contribution in [0.3, 0.4) is 0 Å². The van der Waals surface area contributed by atoms with Gasteiger partial charge in [-0.25, -0.2) is 14.8 Å². The normalized spacial score (nSPS) is 15.7. The van der Waals surface area contributed by atoms with Crippen molar-refractivity contribution in [2.24, 2.45) is 0 Å². The molecule has 1 N–H and O–H groups in total. The number of hydrogen-bond donors (Lipinski definition) is 1. The van der Waals surface area contributed by atoms with Crippen LogP contribution in [0.15, 0.2) is 60.5 Å².